The molecule has 0 aliphatic rings. The van der Waals surface area contributed by atoms with E-state index in [4.69, 9.17) is 11.5 Å². The number of nitrogens with zero attached hydrogens (tertiary/aromatic N) is 2. The molecule has 0 saturated heterocycles. The van der Waals surface area contributed by atoms with Crippen molar-refractivity contribution in [3.63, 3.8) is 0 Å². The number of nitrogens with two attached hydrogens (primary N) is 2. The summed E-state index contributed by atoms with van der Waals surface area (Å²) in [5.41, 5.74) is 7.07. The van der Waals surface area contributed by atoms with E-state index in [1.54, 1.807) is 5.32 Å². The van der Waals surface area contributed by atoms with E-state index in [1.165, 1.54) is 0 Å². The molecule has 1 aromatic carbocycles. The molecule has 0 saturated carbocycles. The van der Waals surface area contributed by atoms with Crippen molar-refractivity contribution < 1.29 is 22.9 Å². The third-order valence-corrected chi connectivity index (χ3v) is 1.99. The molecule has 0 spiro atoms. The van der Waals surface area contributed by atoms with Gasteiger partial charge >= 0.3 is 12.2 Å². The molecule has 0 atom stereocenters. The second-order valence-electron chi connectivity index (χ2n) is 3.44. The molecule has 2 amide bonds. The van der Waals surface area contributed by atoms with E-state index in [1.807, 2.05) is 0 Å². The number of alkyl halides is 3. The summed E-state index contributed by atoms with van der Waals surface area (Å²) in [6, 6.07) is 0.792. The maximum Gasteiger partial charge on any atom is 0.418 e. The highest BCUT2D eigenvalue weighted by Crippen LogP contribution is 2.38. The maximum atomic E-state index is 12.8. The van der Waals surface area contributed by atoms with Crippen LogP contribution >= 0.6 is 0 Å². The zero-order valence-corrected chi connectivity index (χ0v) is 9.64. The van der Waals surface area contributed by atoms with E-state index in [9.17, 15) is 28.1 Å². The maximum absolute atomic E-state index is 12.8. The Kier molecular flexibility index (Phi) is 4.12. The molecular weight excluding hydrogens is 283 g/mol. The Balaban J connectivity index is 3.33. The summed E-state index contributed by atoms with van der Waals surface area (Å²) >= 11 is 0. The van der Waals surface area contributed by atoms with Gasteiger partial charge in [-0.3, -0.25) is 15.4 Å². The topological polar surface area (TPSA) is 137 Å². The van der Waals surface area contributed by atoms with Gasteiger partial charge in [-0.15, -0.1) is 0 Å². The number of nitrogens with one attached hydrogen (secondary N) is 1. The predicted molar refractivity (Wildman–Crippen MR) is 62.1 cm³/mol. The van der Waals surface area contributed by atoms with Crippen molar-refractivity contribution >= 4 is 23.4 Å². The van der Waals surface area contributed by atoms with E-state index < -0.39 is 40.0 Å². The number of rotatable bonds is 2. The lowest BCUT2D eigenvalue weighted by molar-refractivity contribution is -0.385. The molecule has 1 rings (SSSR count). The number of hydrogen-bond acceptors (Lipinski definition) is 4. The van der Waals surface area contributed by atoms with E-state index in [2.05, 4.69) is 4.99 Å². The van der Waals surface area contributed by atoms with Gasteiger partial charge in [-0.2, -0.15) is 13.2 Å². The van der Waals surface area contributed by atoms with E-state index in [0.29, 0.717) is 6.07 Å². The van der Waals surface area contributed by atoms with Crippen LogP contribution in [0.15, 0.2) is 23.2 Å². The molecule has 0 unspecified atom stereocenters. The first kappa shape index (κ1) is 15.2. The number of guanidine groups is 1. The van der Waals surface area contributed by atoms with Crippen molar-refractivity contribution in [3.05, 3.63) is 33.9 Å². The van der Waals surface area contributed by atoms with Crippen molar-refractivity contribution in [1.82, 2.24) is 5.32 Å². The van der Waals surface area contributed by atoms with Crippen molar-refractivity contribution in [1.29, 1.82) is 0 Å². The summed E-state index contributed by atoms with van der Waals surface area (Å²) in [5, 5.41) is 12.2. The Morgan fingerprint density at radius 2 is 1.95 bits per heavy atom. The number of halogens is 3. The molecule has 0 aromatic heterocycles. The number of amides is 2. The van der Waals surface area contributed by atoms with Crippen LogP contribution in [0.4, 0.5) is 29.3 Å². The fraction of sp³-hybridized carbons (Fsp3) is 0.111. The van der Waals surface area contributed by atoms with Gasteiger partial charge in [0.15, 0.2) is 0 Å². The third-order valence-electron chi connectivity index (χ3n) is 1.99. The highest BCUT2D eigenvalue weighted by atomic mass is 19.4. The van der Waals surface area contributed by atoms with Crippen molar-refractivity contribution in [2.75, 3.05) is 0 Å². The first-order valence-corrected chi connectivity index (χ1v) is 4.87. The van der Waals surface area contributed by atoms with Crippen LogP contribution in [0.1, 0.15) is 5.56 Å². The van der Waals surface area contributed by atoms with Crippen molar-refractivity contribution in [2.24, 2.45) is 16.5 Å². The van der Waals surface area contributed by atoms with Crippen molar-refractivity contribution in [3.8, 4) is 0 Å². The smallest absolute Gasteiger partial charge is 0.369 e. The number of urea groups is 1. The second-order valence-corrected chi connectivity index (χ2v) is 3.44. The van der Waals surface area contributed by atoms with Gasteiger partial charge in [0.05, 0.1) is 16.2 Å². The fourth-order valence-corrected chi connectivity index (χ4v) is 1.25. The Hall–Kier alpha value is -2.85. The number of carbonyl (C=O) groups excluding carboxylic acids is 1. The first-order chi connectivity index (χ1) is 9.11. The number of benzene rings is 1. The van der Waals surface area contributed by atoms with Crippen LogP contribution in [0.5, 0.6) is 0 Å². The molecular formula is C9H8F3N5O3. The standard InChI is InChI=1S/C9H8F3N5O3/c10-9(11,12)5-3-4(17(19)20)1-2-6(5)15-7(13)16-8(14)18/h1-3H,(H5,13,14,15,16,18). The molecule has 1 aromatic rings. The summed E-state index contributed by atoms with van der Waals surface area (Å²) < 4.78 is 38.3. The van der Waals surface area contributed by atoms with Gasteiger partial charge < -0.3 is 11.5 Å². The van der Waals surface area contributed by atoms with E-state index >= 15 is 0 Å². The van der Waals surface area contributed by atoms with Crippen LogP contribution in [-0.4, -0.2) is 16.9 Å². The number of nitro groups is 1. The van der Waals surface area contributed by atoms with Crippen LogP contribution in [0.2, 0.25) is 0 Å². The van der Waals surface area contributed by atoms with Gasteiger partial charge in [0.2, 0.25) is 5.96 Å². The lowest BCUT2D eigenvalue weighted by atomic mass is 10.1. The molecule has 0 bridgehead atoms. The average Bonchev–Trinajstić information content (AvgIpc) is 2.26. The number of primary amides is 1. The molecule has 0 aliphatic heterocycles. The Bertz CT molecular complexity index is 585. The zero-order chi connectivity index (χ0) is 15.5. The molecule has 11 heteroatoms. The van der Waals surface area contributed by atoms with Crippen LogP contribution in [0.25, 0.3) is 0 Å². The van der Waals surface area contributed by atoms with Gasteiger partial charge in [0.25, 0.3) is 5.69 Å². The van der Waals surface area contributed by atoms with Gasteiger partial charge in [0, 0.05) is 12.1 Å². The Morgan fingerprint density at radius 1 is 1.35 bits per heavy atom. The highest BCUT2D eigenvalue weighted by Gasteiger charge is 2.35. The number of aliphatic imine (C=N–C) groups is 1. The number of nitro benzene ring substituents is 1. The average molecular weight is 291 g/mol. The van der Waals surface area contributed by atoms with Crippen molar-refractivity contribution in [2.45, 2.75) is 6.18 Å². The first-order valence-electron chi connectivity index (χ1n) is 4.87. The molecule has 0 aliphatic carbocycles. The molecule has 0 heterocycles. The van der Waals surface area contributed by atoms with E-state index in [0.717, 1.165) is 12.1 Å². The highest BCUT2D eigenvalue weighted by molar-refractivity contribution is 5.95. The predicted octanol–water partition coefficient (Wildman–Crippen LogP) is 1.23. The molecule has 8 nitrogen and oxygen atoms in total. The van der Waals surface area contributed by atoms with Gasteiger partial charge in [-0.25, -0.2) is 9.79 Å². The SMILES string of the molecule is NC(=O)NC(N)=Nc1ccc([N+](=O)[O-])cc1C(F)(F)F. The number of carbonyl (C=O) groups is 1. The van der Waals surface area contributed by atoms with Crippen LogP contribution < -0.4 is 16.8 Å². The summed E-state index contributed by atoms with van der Waals surface area (Å²) in [7, 11) is 0. The molecule has 0 fully saturated rings. The minimum atomic E-state index is -4.88. The fourth-order valence-electron chi connectivity index (χ4n) is 1.25. The molecule has 108 valence electrons. The number of non-ortho nitro benzene ring substituents is 1. The minimum absolute atomic E-state index is 0.316. The quantitative estimate of drug-likeness (QED) is 0.326. The lowest BCUT2D eigenvalue weighted by Crippen LogP contribution is -2.40. The monoisotopic (exact) mass is 291 g/mol. The Morgan fingerprint density at radius 3 is 2.40 bits per heavy atom. The second kappa shape index (κ2) is 5.42. The molecule has 20 heavy (non-hydrogen) atoms. The van der Waals surface area contributed by atoms with Crippen LogP contribution in [0, 0.1) is 10.1 Å². The van der Waals surface area contributed by atoms with Gasteiger partial charge in [-0.1, -0.05) is 0 Å². The molecule has 0 radical (unpaired) electrons. The minimum Gasteiger partial charge on any atom is -0.369 e. The number of hydrogen-bond donors (Lipinski definition) is 3. The van der Waals surface area contributed by atoms with Gasteiger partial charge in [-0.05, 0) is 6.07 Å². The zero-order valence-electron chi connectivity index (χ0n) is 9.64. The molecule has 5 N–H and O–H groups in total. The summed E-state index contributed by atoms with van der Waals surface area (Å²) in [5.74, 6) is -0.670. The lowest BCUT2D eigenvalue weighted by Gasteiger charge is -2.10. The largest absolute Gasteiger partial charge is 0.418 e. The Labute approximate surface area is 109 Å². The van der Waals surface area contributed by atoms with Crippen LogP contribution in [0.3, 0.4) is 0 Å². The summed E-state index contributed by atoms with van der Waals surface area (Å²) in [6.07, 6.45) is -4.88. The van der Waals surface area contributed by atoms with Gasteiger partial charge in [0.1, 0.15) is 0 Å². The van der Waals surface area contributed by atoms with E-state index in [-0.39, 0.29) is 0 Å². The summed E-state index contributed by atoms with van der Waals surface area (Å²) in [4.78, 5) is 23.3. The normalized spacial score (nSPS) is 12.1. The van der Waals surface area contributed by atoms with Crippen LogP contribution in [-0.2, 0) is 6.18 Å². The third kappa shape index (κ3) is 3.83. The summed E-state index contributed by atoms with van der Waals surface area (Å²) in [6.45, 7) is 0.